The molecule has 8 nitrogen and oxygen atoms in total. The lowest BCUT2D eigenvalue weighted by atomic mass is 10.1. The van der Waals surface area contributed by atoms with Gasteiger partial charge in [0.15, 0.2) is 0 Å². The third-order valence-electron chi connectivity index (χ3n) is 4.16. The van der Waals surface area contributed by atoms with Crippen LogP contribution in [0.2, 0.25) is 0 Å². The highest BCUT2D eigenvalue weighted by Crippen LogP contribution is 2.14. The Morgan fingerprint density at radius 3 is 1.93 bits per heavy atom. The van der Waals surface area contributed by atoms with Crippen LogP contribution in [0.5, 0.6) is 0 Å². The van der Waals surface area contributed by atoms with Crippen LogP contribution in [-0.4, -0.2) is 27.4 Å². The number of rotatable bonds is 9. The first-order chi connectivity index (χ1) is 14.2. The molecule has 9 heteroatoms. The van der Waals surface area contributed by atoms with Crippen molar-refractivity contribution in [2.75, 3.05) is 17.7 Å². The summed E-state index contributed by atoms with van der Waals surface area (Å²) in [5.41, 5.74) is 2.78. The molecule has 0 radical (unpaired) electrons. The molecule has 30 heavy (non-hydrogen) atoms. The SMILES string of the molecule is CNS(=O)(=O)Cc1ccc(CNC(=O)Nc2ccc(NC(=O)CC(C)C)cc2)cc1. The number of carbonyl (C=O) groups excluding carboxylic acids is 2. The van der Waals surface area contributed by atoms with Crippen molar-refractivity contribution in [3.05, 3.63) is 59.7 Å². The number of benzene rings is 2. The molecule has 2 rings (SSSR count). The number of hydrogen-bond acceptors (Lipinski definition) is 4. The average Bonchev–Trinajstić information content (AvgIpc) is 2.68. The molecule has 0 aliphatic heterocycles. The van der Waals surface area contributed by atoms with Crippen molar-refractivity contribution in [3.63, 3.8) is 0 Å². The molecule has 0 aliphatic carbocycles. The molecule has 3 amide bonds. The lowest BCUT2D eigenvalue weighted by Gasteiger charge is -2.10. The maximum absolute atomic E-state index is 12.1. The Morgan fingerprint density at radius 2 is 1.40 bits per heavy atom. The van der Waals surface area contributed by atoms with E-state index >= 15 is 0 Å². The van der Waals surface area contributed by atoms with E-state index in [4.69, 9.17) is 0 Å². The first-order valence-electron chi connectivity index (χ1n) is 9.60. The standard InChI is InChI=1S/C21H28N4O4S/c1-15(2)12-20(26)24-18-8-10-19(11-9-18)25-21(27)23-13-16-4-6-17(7-5-16)14-30(28,29)22-3/h4-11,15,22H,12-14H2,1-3H3,(H,24,26)(H2,23,25,27). The molecule has 4 N–H and O–H groups in total. The zero-order valence-electron chi connectivity index (χ0n) is 17.4. The van der Waals surface area contributed by atoms with Crippen molar-refractivity contribution in [1.29, 1.82) is 0 Å². The van der Waals surface area contributed by atoms with Crippen molar-refractivity contribution in [3.8, 4) is 0 Å². The van der Waals surface area contributed by atoms with Crippen molar-refractivity contribution in [1.82, 2.24) is 10.0 Å². The summed E-state index contributed by atoms with van der Waals surface area (Å²) in [7, 11) is -1.94. The summed E-state index contributed by atoms with van der Waals surface area (Å²) >= 11 is 0. The van der Waals surface area contributed by atoms with Crippen molar-refractivity contribution in [2.24, 2.45) is 5.92 Å². The lowest BCUT2D eigenvalue weighted by molar-refractivity contribution is -0.116. The quantitative estimate of drug-likeness (QED) is 0.487. The fourth-order valence-corrected chi connectivity index (χ4v) is 3.40. The molecule has 2 aromatic rings. The molecule has 0 aliphatic rings. The molecule has 0 saturated carbocycles. The molecule has 0 unspecified atom stereocenters. The van der Waals surface area contributed by atoms with E-state index in [1.807, 2.05) is 13.8 Å². The van der Waals surface area contributed by atoms with Crippen LogP contribution in [-0.2, 0) is 27.1 Å². The number of carbonyl (C=O) groups is 2. The Balaban J connectivity index is 1.81. The van der Waals surface area contributed by atoms with E-state index in [1.165, 1.54) is 7.05 Å². The molecule has 0 heterocycles. The van der Waals surface area contributed by atoms with Gasteiger partial charge in [-0.25, -0.2) is 17.9 Å². The Morgan fingerprint density at radius 1 is 0.867 bits per heavy atom. The molecule has 0 bridgehead atoms. The van der Waals surface area contributed by atoms with Gasteiger partial charge in [0.2, 0.25) is 15.9 Å². The van der Waals surface area contributed by atoms with Crippen molar-refractivity contribution >= 4 is 33.3 Å². The highest BCUT2D eigenvalue weighted by Gasteiger charge is 2.09. The molecule has 0 fully saturated rings. The van der Waals surface area contributed by atoms with Crippen LogP contribution in [0.4, 0.5) is 16.2 Å². The molecule has 0 saturated heterocycles. The van der Waals surface area contributed by atoms with Gasteiger partial charge < -0.3 is 16.0 Å². The number of hydrogen-bond donors (Lipinski definition) is 4. The van der Waals surface area contributed by atoms with Crippen LogP contribution in [0.15, 0.2) is 48.5 Å². The fourth-order valence-electron chi connectivity index (χ4n) is 2.62. The van der Waals surface area contributed by atoms with Crippen LogP contribution < -0.4 is 20.7 Å². The van der Waals surface area contributed by atoms with E-state index in [1.54, 1.807) is 48.5 Å². The first kappa shape index (κ1) is 23.4. The number of urea groups is 1. The maximum Gasteiger partial charge on any atom is 0.319 e. The van der Waals surface area contributed by atoms with Gasteiger partial charge in [-0.05, 0) is 48.4 Å². The van der Waals surface area contributed by atoms with Gasteiger partial charge in [0.25, 0.3) is 0 Å². The molecular formula is C21H28N4O4S. The summed E-state index contributed by atoms with van der Waals surface area (Å²) in [6, 6.07) is 13.5. The Bertz CT molecular complexity index is 956. The van der Waals surface area contributed by atoms with Crippen LogP contribution >= 0.6 is 0 Å². The van der Waals surface area contributed by atoms with Gasteiger partial charge in [-0.1, -0.05) is 38.1 Å². The third-order valence-corrected chi connectivity index (χ3v) is 5.50. The van der Waals surface area contributed by atoms with E-state index < -0.39 is 10.0 Å². The third kappa shape index (κ3) is 8.22. The second-order valence-electron chi connectivity index (χ2n) is 7.31. The minimum atomic E-state index is -3.31. The van der Waals surface area contributed by atoms with E-state index in [2.05, 4.69) is 20.7 Å². The van der Waals surface area contributed by atoms with Crippen molar-refractivity contribution < 1.29 is 18.0 Å². The number of sulfonamides is 1. The predicted octanol–water partition coefficient (Wildman–Crippen LogP) is 3.04. The van der Waals surface area contributed by atoms with Crippen LogP contribution in [0.1, 0.15) is 31.4 Å². The highest BCUT2D eigenvalue weighted by atomic mass is 32.2. The topological polar surface area (TPSA) is 116 Å². The molecule has 2 aromatic carbocycles. The second kappa shape index (κ2) is 10.7. The molecular weight excluding hydrogens is 404 g/mol. The second-order valence-corrected chi connectivity index (χ2v) is 9.24. The van der Waals surface area contributed by atoms with Gasteiger partial charge in [0, 0.05) is 24.3 Å². The predicted molar refractivity (Wildman–Crippen MR) is 119 cm³/mol. The smallest absolute Gasteiger partial charge is 0.319 e. The Kier molecular flexibility index (Phi) is 8.37. The van der Waals surface area contributed by atoms with E-state index in [9.17, 15) is 18.0 Å². The highest BCUT2D eigenvalue weighted by molar-refractivity contribution is 7.88. The Hall–Kier alpha value is -2.91. The van der Waals surface area contributed by atoms with Gasteiger partial charge in [0.1, 0.15) is 0 Å². The van der Waals surface area contributed by atoms with E-state index in [0.717, 1.165) is 5.56 Å². The van der Waals surface area contributed by atoms with Crippen molar-refractivity contribution in [2.45, 2.75) is 32.6 Å². The fraction of sp³-hybridized carbons (Fsp3) is 0.333. The zero-order valence-corrected chi connectivity index (χ0v) is 18.2. The Labute approximate surface area is 177 Å². The molecule has 0 spiro atoms. The first-order valence-corrected chi connectivity index (χ1v) is 11.3. The van der Waals surface area contributed by atoms with Gasteiger partial charge in [-0.3, -0.25) is 4.79 Å². The summed E-state index contributed by atoms with van der Waals surface area (Å²) in [4.78, 5) is 23.9. The average molecular weight is 433 g/mol. The minimum Gasteiger partial charge on any atom is -0.334 e. The van der Waals surface area contributed by atoms with Gasteiger partial charge in [0.05, 0.1) is 5.75 Å². The van der Waals surface area contributed by atoms with E-state index in [-0.39, 0.29) is 23.6 Å². The monoisotopic (exact) mass is 432 g/mol. The molecule has 162 valence electrons. The van der Waals surface area contributed by atoms with Crippen LogP contribution in [0.25, 0.3) is 0 Å². The summed E-state index contributed by atoms with van der Waals surface area (Å²) in [5, 5.41) is 8.28. The summed E-state index contributed by atoms with van der Waals surface area (Å²) in [6.45, 7) is 4.26. The number of anilines is 2. The summed E-state index contributed by atoms with van der Waals surface area (Å²) < 4.78 is 25.4. The summed E-state index contributed by atoms with van der Waals surface area (Å²) in [5.74, 6) is 0.149. The maximum atomic E-state index is 12.1. The molecule has 0 atom stereocenters. The lowest BCUT2D eigenvalue weighted by Crippen LogP contribution is -2.28. The van der Waals surface area contributed by atoms with Crippen LogP contribution in [0.3, 0.4) is 0 Å². The number of nitrogens with one attached hydrogen (secondary N) is 4. The molecule has 0 aromatic heterocycles. The number of amides is 3. The van der Waals surface area contributed by atoms with Gasteiger partial charge >= 0.3 is 6.03 Å². The van der Waals surface area contributed by atoms with Gasteiger partial charge in [-0.2, -0.15) is 0 Å². The largest absolute Gasteiger partial charge is 0.334 e. The normalized spacial score (nSPS) is 11.2. The summed E-state index contributed by atoms with van der Waals surface area (Å²) in [6.07, 6.45) is 0.453. The van der Waals surface area contributed by atoms with Crippen LogP contribution in [0, 0.1) is 5.92 Å². The zero-order chi connectivity index (χ0) is 22.1. The van der Waals surface area contributed by atoms with E-state index in [0.29, 0.717) is 29.9 Å². The minimum absolute atomic E-state index is 0.0435. The van der Waals surface area contributed by atoms with Gasteiger partial charge in [-0.15, -0.1) is 0 Å².